The number of aliphatic hydroxyl groups is 1. The number of rotatable bonds is 2. The van der Waals surface area contributed by atoms with Crippen LogP contribution < -0.4 is 5.73 Å². The van der Waals surface area contributed by atoms with E-state index in [2.05, 4.69) is 10.2 Å². The van der Waals surface area contributed by atoms with Gasteiger partial charge in [0.1, 0.15) is 6.10 Å². The van der Waals surface area contributed by atoms with E-state index in [0.29, 0.717) is 5.69 Å². The maximum atomic E-state index is 9.02. The molecule has 1 heterocycles. The lowest BCUT2D eigenvalue weighted by Crippen LogP contribution is -2.11. The number of nitrogens with one attached hydrogen (secondary N) is 1. The predicted octanol–water partition coefficient (Wildman–Crippen LogP) is -0.598. The highest BCUT2D eigenvalue weighted by molar-refractivity contribution is 5.01. The van der Waals surface area contributed by atoms with Crippen LogP contribution in [0.5, 0.6) is 0 Å². The molecule has 4 N–H and O–H groups in total. The van der Waals surface area contributed by atoms with Crippen LogP contribution in [0.4, 0.5) is 0 Å². The van der Waals surface area contributed by atoms with Crippen LogP contribution in [0.15, 0.2) is 12.3 Å². The Morgan fingerprint density at radius 3 is 3.11 bits per heavy atom. The van der Waals surface area contributed by atoms with E-state index >= 15 is 0 Å². The summed E-state index contributed by atoms with van der Waals surface area (Å²) in [6, 6.07) is 1.69. The van der Waals surface area contributed by atoms with Crippen molar-refractivity contribution in [2.75, 3.05) is 6.54 Å². The minimum Gasteiger partial charge on any atom is -0.385 e. The Morgan fingerprint density at radius 1 is 1.89 bits per heavy atom. The molecule has 1 rings (SSSR count). The van der Waals surface area contributed by atoms with E-state index in [1.54, 1.807) is 12.3 Å². The lowest BCUT2D eigenvalue weighted by atomic mass is 10.3. The SMILES string of the molecule is NC[C@@H](O)c1ccn[nH]1. The fourth-order valence-electron chi connectivity index (χ4n) is 0.579. The van der Waals surface area contributed by atoms with Gasteiger partial charge in [-0.1, -0.05) is 0 Å². The molecule has 0 amide bonds. The van der Waals surface area contributed by atoms with Gasteiger partial charge >= 0.3 is 0 Å². The molecule has 0 saturated heterocycles. The van der Waals surface area contributed by atoms with Crippen molar-refractivity contribution in [3.63, 3.8) is 0 Å². The van der Waals surface area contributed by atoms with Crippen molar-refractivity contribution in [1.29, 1.82) is 0 Å². The molecule has 0 spiro atoms. The van der Waals surface area contributed by atoms with Crippen LogP contribution in [0, 0.1) is 0 Å². The minimum atomic E-state index is -0.604. The lowest BCUT2D eigenvalue weighted by Gasteiger charge is -2.01. The average Bonchev–Trinajstić information content (AvgIpc) is 2.37. The van der Waals surface area contributed by atoms with E-state index in [9.17, 15) is 0 Å². The van der Waals surface area contributed by atoms with E-state index < -0.39 is 6.10 Å². The zero-order valence-corrected chi connectivity index (χ0v) is 4.91. The van der Waals surface area contributed by atoms with E-state index in [1.165, 1.54) is 0 Å². The van der Waals surface area contributed by atoms with Crippen LogP contribution >= 0.6 is 0 Å². The van der Waals surface area contributed by atoms with Crippen LogP contribution in [0.2, 0.25) is 0 Å². The normalized spacial score (nSPS) is 13.6. The largest absolute Gasteiger partial charge is 0.385 e. The Labute approximate surface area is 52.7 Å². The zero-order valence-electron chi connectivity index (χ0n) is 4.91. The molecule has 0 fully saturated rings. The number of nitrogens with zero attached hydrogens (tertiary/aromatic N) is 1. The van der Waals surface area contributed by atoms with Crippen LogP contribution in [0.1, 0.15) is 11.8 Å². The van der Waals surface area contributed by atoms with Gasteiger partial charge in [0, 0.05) is 12.7 Å². The first kappa shape index (κ1) is 6.25. The van der Waals surface area contributed by atoms with Gasteiger partial charge in [0.25, 0.3) is 0 Å². The molecule has 0 unspecified atom stereocenters. The number of H-pyrrole nitrogens is 1. The van der Waals surface area contributed by atoms with E-state index in [-0.39, 0.29) is 6.54 Å². The van der Waals surface area contributed by atoms with E-state index in [1.807, 2.05) is 0 Å². The molecule has 1 aromatic heterocycles. The smallest absolute Gasteiger partial charge is 0.108 e. The molecular weight excluding hydrogens is 118 g/mol. The summed E-state index contributed by atoms with van der Waals surface area (Å²) in [5.41, 5.74) is 5.83. The van der Waals surface area contributed by atoms with Crippen molar-refractivity contribution in [3.05, 3.63) is 18.0 Å². The molecule has 4 nitrogen and oxygen atoms in total. The van der Waals surface area contributed by atoms with Gasteiger partial charge in [-0.3, -0.25) is 5.10 Å². The molecule has 0 aliphatic heterocycles. The zero-order chi connectivity index (χ0) is 6.69. The van der Waals surface area contributed by atoms with Gasteiger partial charge in [-0.2, -0.15) is 5.10 Å². The standard InChI is InChI=1S/C5H9N3O/c6-3-5(9)4-1-2-7-8-4/h1-2,5,9H,3,6H2,(H,7,8)/t5-/m1/s1. The minimum absolute atomic E-state index is 0.224. The first-order valence-electron chi connectivity index (χ1n) is 2.72. The van der Waals surface area contributed by atoms with Gasteiger partial charge in [0.2, 0.25) is 0 Å². The topological polar surface area (TPSA) is 74.9 Å². The van der Waals surface area contributed by atoms with Crippen molar-refractivity contribution >= 4 is 0 Å². The molecule has 0 bridgehead atoms. The maximum absolute atomic E-state index is 9.02. The lowest BCUT2D eigenvalue weighted by molar-refractivity contribution is 0.182. The van der Waals surface area contributed by atoms with Gasteiger partial charge in [-0.05, 0) is 6.07 Å². The van der Waals surface area contributed by atoms with Crippen molar-refractivity contribution in [1.82, 2.24) is 10.2 Å². The van der Waals surface area contributed by atoms with Crippen molar-refractivity contribution in [3.8, 4) is 0 Å². The summed E-state index contributed by atoms with van der Waals surface area (Å²) in [5.74, 6) is 0. The van der Waals surface area contributed by atoms with E-state index in [0.717, 1.165) is 0 Å². The summed E-state index contributed by atoms with van der Waals surface area (Å²) in [7, 11) is 0. The summed E-state index contributed by atoms with van der Waals surface area (Å²) in [6.07, 6.45) is 0.973. The van der Waals surface area contributed by atoms with E-state index in [4.69, 9.17) is 10.8 Å². The highest BCUT2D eigenvalue weighted by Crippen LogP contribution is 2.04. The number of nitrogens with two attached hydrogens (primary N) is 1. The molecule has 50 valence electrons. The van der Waals surface area contributed by atoms with Crippen LogP contribution in [0.25, 0.3) is 0 Å². The summed E-state index contributed by atoms with van der Waals surface area (Å²) in [5, 5.41) is 15.3. The quantitative estimate of drug-likeness (QED) is 0.496. The number of hydrogen-bond acceptors (Lipinski definition) is 3. The number of hydrogen-bond donors (Lipinski definition) is 3. The summed E-state index contributed by atoms with van der Waals surface area (Å²) in [4.78, 5) is 0. The fraction of sp³-hybridized carbons (Fsp3) is 0.400. The monoisotopic (exact) mass is 127 g/mol. The fourth-order valence-corrected chi connectivity index (χ4v) is 0.579. The first-order chi connectivity index (χ1) is 4.34. The Hall–Kier alpha value is -0.870. The van der Waals surface area contributed by atoms with Crippen LogP contribution in [0.3, 0.4) is 0 Å². The average molecular weight is 127 g/mol. The molecule has 0 aromatic carbocycles. The third-order valence-corrected chi connectivity index (χ3v) is 1.10. The summed E-state index contributed by atoms with van der Waals surface area (Å²) in [6.45, 7) is 0.224. The number of aromatic amines is 1. The summed E-state index contributed by atoms with van der Waals surface area (Å²) < 4.78 is 0. The van der Waals surface area contributed by atoms with Gasteiger partial charge in [0.15, 0.2) is 0 Å². The van der Waals surface area contributed by atoms with Gasteiger partial charge in [-0.25, -0.2) is 0 Å². The molecule has 9 heavy (non-hydrogen) atoms. The maximum Gasteiger partial charge on any atom is 0.108 e. The number of aliphatic hydroxyl groups excluding tert-OH is 1. The highest BCUT2D eigenvalue weighted by Gasteiger charge is 2.03. The molecule has 1 aromatic rings. The summed E-state index contributed by atoms with van der Waals surface area (Å²) >= 11 is 0. The Kier molecular flexibility index (Phi) is 1.81. The van der Waals surface area contributed by atoms with Gasteiger partial charge in [-0.15, -0.1) is 0 Å². The molecule has 0 radical (unpaired) electrons. The highest BCUT2D eigenvalue weighted by atomic mass is 16.3. The molecule has 0 aliphatic carbocycles. The third-order valence-electron chi connectivity index (χ3n) is 1.10. The second-order valence-electron chi connectivity index (χ2n) is 1.76. The molecule has 0 aliphatic rings. The first-order valence-corrected chi connectivity index (χ1v) is 2.72. The number of aromatic nitrogens is 2. The second kappa shape index (κ2) is 2.61. The molecular formula is C5H9N3O. The molecule has 4 heteroatoms. The van der Waals surface area contributed by atoms with Crippen LogP contribution in [-0.4, -0.2) is 21.8 Å². The Balaban J connectivity index is 2.65. The Bertz CT molecular complexity index is 161. The second-order valence-corrected chi connectivity index (χ2v) is 1.76. The molecule has 1 atom stereocenters. The predicted molar refractivity (Wildman–Crippen MR) is 32.6 cm³/mol. The third kappa shape index (κ3) is 1.28. The van der Waals surface area contributed by atoms with Crippen molar-refractivity contribution < 1.29 is 5.11 Å². The Morgan fingerprint density at radius 2 is 2.67 bits per heavy atom. The van der Waals surface area contributed by atoms with Crippen molar-refractivity contribution in [2.45, 2.75) is 6.10 Å². The molecule has 0 saturated carbocycles. The van der Waals surface area contributed by atoms with Gasteiger partial charge in [0.05, 0.1) is 5.69 Å². The van der Waals surface area contributed by atoms with Gasteiger partial charge < -0.3 is 10.8 Å². The van der Waals surface area contributed by atoms with Crippen LogP contribution in [-0.2, 0) is 0 Å². The van der Waals surface area contributed by atoms with Crippen molar-refractivity contribution in [2.24, 2.45) is 5.73 Å².